The van der Waals surface area contributed by atoms with Crippen LogP contribution < -0.4 is 0 Å². The molecule has 7 heteroatoms. The number of hydrogen-bond acceptors (Lipinski definition) is 5. The summed E-state index contributed by atoms with van der Waals surface area (Å²) >= 11 is 6.66. The number of aryl methyl sites for hydroxylation is 2. The zero-order chi connectivity index (χ0) is 20.0. The van der Waals surface area contributed by atoms with Gasteiger partial charge in [0.2, 0.25) is 0 Å². The SMILES string of the molecule is Cc1ncc(-c2[nH]c3ncc(-c4c(C)ccc(O)c4C)c(C#N)c3c2Cl)cn1. The standard InChI is InChI=1S/C21H16ClN5O/c1-10-4-5-16(28)11(2)17(10)15-9-26-21-18(14(15)6-23)19(22)20(27-21)13-7-24-12(3)25-8-13/h4-5,7-9,28H,1-3H3,(H,26,27). The second-order valence-electron chi connectivity index (χ2n) is 6.62. The van der Waals surface area contributed by atoms with Crippen LogP contribution in [0.25, 0.3) is 33.4 Å². The van der Waals surface area contributed by atoms with Crippen molar-refractivity contribution in [3.05, 3.63) is 58.3 Å². The Kier molecular flexibility index (Phi) is 4.25. The van der Waals surface area contributed by atoms with Gasteiger partial charge in [0.1, 0.15) is 23.3 Å². The van der Waals surface area contributed by atoms with Gasteiger partial charge < -0.3 is 10.1 Å². The molecule has 138 valence electrons. The zero-order valence-corrected chi connectivity index (χ0v) is 16.3. The summed E-state index contributed by atoms with van der Waals surface area (Å²) in [5, 5.41) is 21.0. The molecule has 0 radical (unpaired) electrons. The predicted molar refractivity (Wildman–Crippen MR) is 108 cm³/mol. The number of phenols is 1. The summed E-state index contributed by atoms with van der Waals surface area (Å²) in [5.74, 6) is 0.825. The van der Waals surface area contributed by atoms with Crippen molar-refractivity contribution in [2.24, 2.45) is 0 Å². The topological polar surface area (TPSA) is 98.5 Å². The first kappa shape index (κ1) is 18.0. The number of benzene rings is 1. The molecule has 28 heavy (non-hydrogen) atoms. The van der Waals surface area contributed by atoms with Crippen LogP contribution >= 0.6 is 11.6 Å². The number of hydrogen-bond donors (Lipinski definition) is 2. The number of fused-ring (bicyclic) bond motifs is 1. The fraction of sp³-hybridized carbons (Fsp3) is 0.143. The number of pyridine rings is 1. The van der Waals surface area contributed by atoms with E-state index in [-0.39, 0.29) is 5.75 Å². The normalized spacial score (nSPS) is 11.0. The highest BCUT2D eigenvalue weighted by Crippen LogP contribution is 2.40. The van der Waals surface area contributed by atoms with Gasteiger partial charge in [0, 0.05) is 29.7 Å². The molecular weight excluding hydrogens is 374 g/mol. The lowest BCUT2D eigenvalue weighted by Gasteiger charge is -2.13. The van der Waals surface area contributed by atoms with Crippen molar-refractivity contribution in [2.75, 3.05) is 0 Å². The van der Waals surface area contributed by atoms with Crippen LogP contribution in [0.5, 0.6) is 5.75 Å². The van der Waals surface area contributed by atoms with E-state index in [9.17, 15) is 10.4 Å². The Hall–Kier alpha value is -3.43. The Bertz CT molecular complexity index is 1270. The average Bonchev–Trinajstić information content (AvgIpc) is 3.02. The minimum Gasteiger partial charge on any atom is -0.508 e. The quantitative estimate of drug-likeness (QED) is 0.511. The lowest BCUT2D eigenvalue weighted by atomic mass is 9.92. The fourth-order valence-electron chi connectivity index (χ4n) is 3.39. The molecule has 0 aliphatic carbocycles. The summed E-state index contributed by atoms with van der Waals surface area (Å²) in [6.45, 7) is 5.55. The molecule has 0 amide bonds. The molecule has 4 aromatic rings. The van der Waals surface area contributed by atoms with E-state index in [4.69, 9.17) is 11.6 Å². The number of nitrogens with one attached hydrogen (secondary N) is 1. The van der Waals surface area contributed by atoms with Crippen molar-refractivity contribution >= 4 is 22.6 Å². The van der Waals surface area contributed by atoms with Gasteiger partial charge in [-0.1, -0.05) is 17.7 Å². The third-order valence-corrected chi connectivity index (χ3v) is 5.23. The number of phenolic OH excluding ortho intramolecular Hbond substituents is 1. The summed E-state index contributed by atoms with van der Waals surface area (Å²) in [7, 11) is 0. The second kappa shape index (κ2) is 6.63. The van der Waals surface area contributed by atoms with Gasteiger partial charge in [0.15, 0.2) is 0 Å². The van der Waals surface area contributed by atoms with Gasteiger partial charge in [-0.2, -0.15) is 5.26 Å². The lowest BCUT2D eigenvalue weighted by molar-refractivity contribution is 0.471. The molecule has 0 bridgehead atoms. The first-order chi connectivity index (χ1) is 13.4. The van der Waals surface area contributed by atoms with Crippen LogP contribution in [0, 0.1) is 32.1 Å². The molecule has 0 saturated heterocycles. The average molecular weight is 390 g/mol. The van der Waals surface area contributed by atoms with E-state index in [2.05, 4.69) is 26.0 Å². The van der Waals surface area contributed by atoms with Crippen molar-refractivity contribution < 1.29 is 5.11 Å². The minimum atomic E-state index is 0.169. The number of H-pyrrole nitrogens is 1. The fourth-order valence-corrected chi connectivity index (χ4v) is 3.74. The molecule has 0 aliphatic heterocycles. The summed E-state index contributed by atoms with van der Waals surface area (Å²) in [5.41, 5.74) is 5.28. The van der Waals surface area contributed by atoms with Crippen molar-refractivity contribution in [1.82, 2.24) is 19.9 Å². The van der Waals surface area contributed by atoms with Crippen LogP contribution in [0.1, 0.15) is 22.5 Å². The second-order valence-corrected chi connectivity index (χ2v) is 6.99. The number of aromatic amines is 1. The molecule has 2 N–H and O–H groups in total. The maximum Gasteiger partial charge on any atom is 0.140 e. The van der Waals surface area contributed by atoms with Crippen molar-refractivity contribution in [3.8, 4) is 34.2 Å². The highest BCUT2D eigenvalue weighted by molar-refractivity contribution is 6.38. The monoisotopic (exact) mass is 389 g/mol. The van der Waals surface area contributed by atoms with E-state index in [0.29, 0.717) is 49.8 Å². The van der Waals surface area contributed by atoms with E-state index < -0.39 is 0 Å². The number of aromatic nitrogens is 4. The van der Waals surface area contributed by atoms with Crippen LogP contribution in [-0.4, -0.2) is 25.0 Å². The number of nitriles is 1. The maximum absolute atomic E-state index is 10.1. The largest absolute Gasteiger partial charge is 0.508 e. The third-order valence-electron chi connectivity index (χ3n) is 4.86. The van der Waals surface area contributed by atoms with E-state index in [0.717, 1.165) is 11.1 Å². The summed E-state index contributed by atoms with van der Waals surface area (Å²) in [6, 6.07) is 5.73. The molecule has 0 unspecified atom stereocenters. The van der Waals surface area contributed by atoms with Crippen molar-refractivity contribution in [3.63, 3.8) is 0 Å². The molecule has 4 rings (SSSR count). The molecule has 0 fully saturated rings. The van der Waals surface area contributed by atoms with E-state index in [1.54, 1.807) is 31.6 Å². The Morgan fingerprint density at radius 3 is 2.46 bits per heavy atom. The smallest absolute Gasteiger partial charge is 0.140 e. The summed E-state index contributed by atoms with van der Waals surface area (Å²) < 4.78 is 0. The molecule has 0 aliphatic rings. The molecule has 0 spiro atoms. The van der Waals surface area contributed by atoms with Crippen LogP contribution in [0.4, 0.5) is 0 Å². The first-order valence-corrected chi connectivity index (χ1v) is 8.99. The van der Waals surface area contributed by atoms with Gasteiger partial charge in [-0.05, 0) is 43.5 Å². The van der Waals surface area contributed by atoms with Crippen molar-refractivity contribution in [1.29, 1.82) is 5.26 Å². The maximum atomic E-state index is 10.1. The molecular formula is C21H16ClN5O. The number of halogens is 1. The Morgan fingerprint density at radius 1 is 1.07 bits per heavy atom. The predicted octanol–water partition coefficient (Wildman–Crippen LogP) is 4.84. The van der Waals surface area contributed by atoms with Gasteiger partial charge in [0.25, 0.3) is 0 Å². The van der Waals surface area contributed by atoms with Gasteiger partial charge in [-0.25, -0.2) is 15.0 Å². The lowest BCUT2D eigenvalue weighted by Crippen LogP contribution is -1.94. The van der Waals surface area contributed by atoms with E-state index in [1.165, 1.54) is 0 Å². The van der Waals surface area contributed by atoms with Crippen LogP contribution in [0.2, 0.25) is 5.02 Å². The highest BCUT2D eigenvalue weighted by atomic mass is 35.5. The molecule has 1 aromatic carbocycles. The van der Waals surface area contributed by atoms with Crippen LogP contribution in [-0.2, 0) is 0 Å². The zero-order valence-electron chi connectivity index (χ0n) is 15.5. The Labute approximate surface area is 166 Å². The molecule has 3 aromatic heterocycles. The summed E-state index contributed by atoms with van der Waals surface area (Å²) in [4.78, 5) is 16.1. The van der Waals surface area contributed by atoms with Gasteiger partial charge in [0.05, 0.1) is 21.7 Å². The first-order valence-electron chi connectivity index (χ1n) is 8.61. The minimum absolute atomic E-state index is 0.169. The third kappa shape index (κ3) is 2.68. The van der Waals surface area contributed by atoms with Crippen LogP contribution in [0.3, 0.4) is 0 Å². The van der Waals surface area contributed by atoms with Gasteiger partial charge in [-0.15, -0.1) is 0 Å². The molecule has 6 nitrogen and oxygen atoms in total. The summed E-state index contributed by atoms with van der Waals surface area (Å²) in [6.07, 6.45) is 4.99. The Balaban J connectivity index is 2.03. The highest BCUT2D eigenvalue weighted by Gasteiger charge is 2.21. The number of aromatic hydroxyl groups is 1. The molecule has 0 saturated carbocycles. The van der Waals surface area contributed by atoms with Crippen LogP contribution in [0.15, 0.2) is 30.7 Å². The van der Waals surface area contributed by atoms with Crippen molar-refractivity contribution in [2.45, 2.75) is 20.8 Å². The molecule has 3 heterocycles. The molecule has 0 atom stereocenters. The van der Waals surface area contributed by atoms with Gasteiger partial charge in [-0.3, -0.25) is 0 Å². The number of rotatable bonds is 2. The van der Waals surface area contributed by atoms with E-state index >= 15 is 0 Å². The van der Waals surface area contributed by atoms with Gasteiger partial charge >= 0.3 is 0 Å². The number of nitrogens with zero attached hydrogens (tertiary/aromatic N) is 4. The van der Waals surface area contributed by atoms with E-state index in [1.807, 2.05) is 19.9 Å². The Morgan fingerprint density at radius 2 is 1.79 bits per heavy atom.